The number of carbonyl (C=O) groups excluding carboxylic acids is 1. The molecule has 1 amide bonds. The zero-order chi connectivity index (χ0) is 19.2. The van der Waals surface area contributed by atoms with Crippen molar-refractivity contribution in [2.75, 3.05) is 18.2 Å². The smallest absolute Gasteiger partial charge is 0.234 e. The molecule has 27 heavy (non-hydrogen) atoms. The Balaban J connectivity index is 1.70. The summed E-state index contributed by atoms with van der Waals surface area (Å²) < 4.78 is 7.21. The average molecular weight is 403 g/mol. The van der Waals surface area contributed by atoms with Gasteiger partial charge in [-0.2, -0.15) is 0 Å². The van der Waals surface area contributed by atoms with Crippen LogP contribution < -0.4 is 10.1 Å². The molecule has 0 spiro atoms. The van der Waals surface area contributed by atoms with E-state index in [1.165, 1.54) is 11.8 Å². The highest BCUT2D eigenvalue weighted by atomic mass is 35.5. The van der Waals surface area contributed by atoms with Gasteiger partial charge in [0, 0.05) is 17.1 Å². The molecule has 0 atom stereocenters. The normalized spacial score (nSPS) is 10.6. The van der Waals surface area contributed by atoms with Gasteiger partial charge in [0.25, 0.3) is 0 Å². The summed E-state index contributed by atoms with van der Waals surface area (Å²) in [6.07, 6.45) is 0. The maximum atomic E-state index is 12.3. The first kappa shape index (κ1) is 19.3. The second-order valence-corrected chi connectivity index (χ2v) is 6.98. The minimum atomic E-state index is -0.139. The molecule has 3 rings (SSSR count). The molecule has 6 nitrogen and oxygen atoms in total. The molecule has 0 aliphatic heterocycles. The fraction of sp³-hybridized carbons (Fsp3) is 0.211. The van der Waals surface area contributed by atoms with Crippen molar-refractivity contribution in [1.29, 1.82) is 0 Å². The summed E-state index contributed by atoms with van der Waals surface area (Å²) >= 11 is 7.41. The van der Waals surface area contributed by atoms with Gasteiger partial charge in [-0.1, -0.05) is 47.6 Å². The highest BCUT2D eigenvalue weighted by Crippen LogP contribution is 2.27. The van der Waals surface area contributed by atoms with E-state index in [9.17, 15) is 4.79 Å². The number of aromatic nitrogens is 3. The van der Waals surface area contributed by atoms with E-state index in [1.807, 2.05) is 47.9 Å². The molecule has 1 aromatic heterocycles. The molecule has 0 radical (unpaired) electrons. The zero-order valence-electron chi connectivity index (χ0n) is 15.0. The molecule has 3 aromatic rings. The van der Waals surface area contributed by atoms with Crippen molar-refractivity contribution in [3.63, 3.8) is 0 Å². The van der Waals surface area contributed by atoms with Crippen LogP contribution in [0.1, 0.15) is 6.92 Å². The molecule has 1 N–H and O–H groups in total. The van der Waals surface area contributed by atoms with Crippen molar-refractivity contribution in [3.05, 3.63) is 53.6 Å². The van der Waals surface area contributed by atoms with Crippen LogP contribution in [0.2, 0.25) is 5.02 Å². The number of amides is 1. The summed E-state index contributed by atoms with van der Waals surface area (Å²) in [5.41, 5.74) is 1.53. The predicted octanol–water partition coefficient (Wildman–Crippen LogP) is 4.36. The molecule has 0 saturated carbocycles. The molecule has 8 heteroatoms. The van der Waals surface area contributed by atoms with E-state index < -0.39 is 0 Å². The second-order valence-electron chi connectivity index (χ2n) is 5.60. The lowest BCUT2D eigenvalue weighted by molar-refractivity contribution is -0.113. The number of methoxy groups -OCH3 is 1. The van der Waals surface area contributed by atoms with E-state index in [1.54, 1.807) is 19.2 Å². The number of nitrogens with one attached hydrogen (secondary N) is 1. The Morgan fingerprint density at radius 2 is 2.04 bits per heavy atom. The number of benzene rings is 2. The quantitative estimate of drug-likeness (QED) is 0.594. The summed E-state index contributed by atoms with van der Waals surface area (Å²) in [4.78, 5) is 12.3. The number of ether oxygens (including phenoxy) is 1. The predicted molar refractivity (Wildman–Crippen MR) is 108 cm³/mol. The largest absolute Gasteiger partial charge is 0.495 e. The van der Waals surface area contributed by atoms with Crippen LogP contribution in [0.3, 0.4) is 0 Å². The number of halogens is 1. The van der Waals surface area contributed by atoms with Crippen molar-refractivity contribution >= 4 is 35.0 Å². The van der Waals surface area contributed by atoms with Gasteiger partial charge in [-0.05, 0) is 31.2 Å². The number of anilines is 1. The average Bonchev–Trinajstić information content (AvgIpc) is 3.09. The van der Waals surface area contributed by atoms with Gasteiger partial charge in [0.05, 0.1) is 18.6 Å². The fourth-order valence-electron chi connectivity index (χ4n) is 2.59. The summed E-state index contributed by atoms with van der Waals surface area (Å²) in [7, 11) is 1.57. The molecule has 0 saturated heterocycles. The first-order valence-electron chi connectivity index (χ1n) is 8.37. The van der Waals surface area contributed by atoms with Gasteiger partial charge >= 0.3 is 0 Å². The van der Waals surface area contributed by atoms with Crippen LogP contribution >= 0.6 is 23.4 Å². The third kappa shape index (κ3) is 4.61. The minimum Gasteiger partial charge on any atom is -0.495 e. The highest BCUT2D eigenvalue weighted by molar-refractivity contribution is 7.99. The van der Waals surface area contributed by atoms with Crippen molar-refractivity contribution in [3.8, 4) is 17.1 Å². The molecule has 0 aliphatic carbocycles. The van der Waals surface area contributed by atoms with E-state index in [0.717, 1.165) is 11.4 Å². The SMILES string of the molecule is CCn1c(SCC(=O)Nc2ccccc2OC)nnc1-c1cccc(Cl)c1. The lowest BCUT2D eigenvalue weighted by Gasteiger charge is -2.10. The van der Waals surface area contributed by atoms with E-state index in [0.29, 0.717) is 28.2 Å². The molecular weight excluding hydrogens is 384 g/mol. The van der Waals surface area contributed by atoms with Gasteiger partial charge in [0.15, 0.2) is 11.0 Å². The van der Waals surface area contributed by atoms with Crippen LogP contribution in [0.25, 0.3) is 11.4 Å². The molecule has 0 unspecified atom stereocenters. The van der Waals surface area contributed by atoms with E-state index >= 15 is 0 Å². The number of para-hydroxylation sites is 2. The minimum absolute atomic E-state index is 0.139. The number of carbonyl (C=O) groups is 1. The first-order chi connectivity index (χ1) is 13.1. The van der Waals surface area contributed by atoms with E-state index in [-0.39, 0.29) is 11.7 Å². The molecule has 0 aliphatic rings. The van der Waals surface area contributed by atoms with Crippen LogP contribution in [0.4, 0.5) is 5.69 Å². The third-order valence-electron chi connectivity index (χ3n) is 3.83. The Hall–Kier alpha value is -2.51. The fourth-order valence-corrected chi connectivity index (χ4v) is 3.58. The standard InChI is InChI=1S/C19H19ClN4O2S/c1-3-24-18(13-7-6-8-14(20)11-13)22-23-19(24)27-12-17(25)21-15-9-4-5-10-16(15)26-2/h4-11H,3,12H2,1-2H3,(H,21,25). The van der Waals surface area contributed by atoms with Gasteiger partial charge in [0.1, 0.15) is 5.75 Å². The Morgan fingerprint density at radius 1 is 1.22 bits per heavy atom. The molecule has 0 bridgehead atoms. The molecule has 1 heterocycles. The molecule has 0 fully saturated rings. The maximum Gasteiger partial charge on any atom is 0.234 e. The summed E-state index contributed by atoms with van der Waals surface area (Å²) in [6.45, 7) is 2.70. The zero-order valence-corrected chi connectivity index (χ0v) is 16.5. The lowest BCUT2D eigenvalue weighted by atomic mass is 10.2. The van der Waals surface area contributed by atoms with Gasteiger partial charge in [-0.3, -0.25) is 4.79 Å². The first-order valence-corrected chi connectivity index (χ1v) is 9.73. The molecule has 2 aromatic carbocycles. The lowest BCUT2D eigenvalue weighted by Crippen LogP contribution is -2.15. The van der Waals surface area contributed by atoms with Gasteiger partial charge in [0.2, 0.25) is 5.91 Å². The summed E-state index contributed by atoms with van der Waals surface area (Å²) in [6, 6.07) is 14.8. The Morgan fingerprint density at radius 3 is 2.78 bits per heavy atom. The van der Waals surface area contributed by atoms with Crippen LogP contribution in [-0.4, -0.2) is 33.5 Å². The van der Waals surface area contributed by atoms with Crippen molar-refractivity contribution in [2.24, 2.45) is 0 Å². The number of nitrogens with zero attached hydrogens (tertiary/aromatic N) is 3. The number of rotatable bonds is 7. The van der Waals surface area contributed by atoms with Crippen molar-refractivity contribution in [2.45, 2.75) is 18.6 Å². The Labute approximate surface area is 166 Å². The Bertz CT molecular complexity index is 945. The van der Waals surface area contributed by atoms with Crippen LogP contribution in [0, 0.1) is 0 Å². The van der Waals surface area contributed by atoms with Crippen LogP contribution in [-0.2, 0) is 11.3 Å². The number of hydrogen-bond acceptors (Lipinski definition) is 5. The highest BCUT2D eigenvalue weighted by Gasteiger charge is 2.15. The monoisotopic (exact) mass is 402 g/mol. The van der Waals surface area contributed by atoms with Crippen molar-refractivity contribution < 1.29 is 9.53 Å². The van der Waals surface area contributed by atoms with Crippen LogP contribution in [0.5, 0.6) is 5.75 Å². The summed E-state index contributed by atoms with van der Waals surface area (Å²) in [5.74, 6) is 1.43. The van der Waals surface area contributed by atoms with Crippen molar-refractivity contribution in [1.82, 2.24) is 14.8 Å². The van der Waals surface area contributed by atoms with Crippen LogP contribution in [0.15, 0.2) is 53.7 Å². The second kappa shape index (κ2) is 8.92. The van der Waals surface area contributed by atoms with E-state index in [2.05, 4.69) is 15.5 Å². The Kier molecular flexibility index (Phi) is 6.36. The van der Waals surface area contributed by atoms with E-state index in [4.69, 9.17) is 16.3 Å². The maximum absolute atomic E-state index is 12.3. The third-order valence-corrected chi connectivity index (χ3v) is 5.03. The molecular formula is C19H19ClN4O2S. The molecule has 140 valence electrons. The van der Waals surface area contributed by atoms with Gasteiger partial charge in [-0.15, -0.1) is 10.2 Å². The van der Waals surface area contributed by atoms with Gasteiger partial charge < -0.3 is 14.6 Å². The number of hydrogen-bond donors (Lipinski definition) is 1. The van der Waals surface area contributed by atoms with Gasteiger partial charge in [-0.25, -0.2) is 0 Å². The summed E-state index contributed by atoms with van der Waals surface area (Å²) in [5, 5.41) is 12.7. The topological polar surface area (TPSA) is 69.0 Å². The number of thioether (sulfide) groups is 1.